The first-order chi connectivity index (χ1) is 8.46. The average molecular weight is 381 g/mol. The van der Waals surface area contributed by atoms with E-state index in [0.29, 0.717) is 0 Å². The fourth-order valence-electron chi connectivity index (χ4n) is 0.845. The van der Waals surface area contributed by atoms with Crippen molar-refractivity contribution in [2.75, 3.05) is 6.61 Å². The van der Waals surface area contributed by atoms with Crippen LogP contribution in [0.5, 0.6) is 0 Å². The van der Waals surface area contributed by atoms with Gasteiger partial charge in [-0.2, -0.15) is 39.5 Å². The van der Waals surface area contributed by atoms with Crippen molar-refractivity contribution in [2.45, 2.75) is 30.4 Å². The minimum atomic E-state index is -6.98. The molecule has 0 unspecified atom stereocenters. The van der Waals surface area contributed by atoms with Crippen molar-refractivity contribution in [1.82, 2.24) is 0 Å². The van der Waals surface area contributed by atoms with Crippen molar-refractivity contribution < 1.29 is 48.6 Å². The Hall–Kier alpha value is 0.140. The number of rotatable bonds is 6. The summed E-state index contributed by atoms with van der Waals surface area (Å²) in [6, 6.07) is 0. The summed E-state index contributed by atoms with van der Waals surface area (Å²) in [6.45, 7) is -1.62. The van der Waals surface area contributed by atoms with Crippen LogP contribution in [0, 0.1) is 0 Å². The molecule has 0 aromatic carbocycles. The maximum absolute atomic E-state index is 12.8. The van der Waals surface area contributed by atoms with Crippen molar-refractivity contribution in [3.8, 4) is 0 Å². The summed E-state index contributed by atoms with van der Waals surface area (Å²) in [6.07, 6.45) is -13.6. The highest BCUT2D eigenvalue weighted by Crippen LogP contribution is 2.58. The largest absolute Gasteiger partial charge is 0.460 e. The summed E-state index contributed by atoms with van der Waals surface area (Å²) in [7, 11) is 0. The lowest BCUT2D eigenvalue weighted by atomic mass is 10.0. The first-order valence-electron chi connectivity index (χ1n) is 4.30. The van der Waals surface area contributed by atoms with Crippen LogP contribution in [-0.2, 0) is 9.09 Å². The molecule has 0 spiro atoms. The van der Waals surface area contributed by atoms with E-state index in [4.69, 9.17) is 0 Å². The van der Waals surface area contributed by atoms with Crippen molar-refractivity contribution in [2.24, 2.45) is 0 Å². The van der Waals surface area contributed by atoms with E-state index in [-0.39, 0.29) is 0 Å². The number of halogens is 11. The molecule has 0 aromatic rings. The van der Waals surface area contributed by atoms with Crippen LogP contribution in [0.15, 0.2) is 0 Å². The number of hydrogen-bond donors (Lipinski definition) is 0. The van der Waals surface area contributed by atoms with Gasteiger partial charge in [-0.3, -0.25) is 4.57 Å². The Kier molecular flexibility index (Phi) is 5.77. The van der Waals surface area contributed by atoms with Crippen LogP contribution in [0.4, 0.5) is 39.5 Å². The van der Waals surface area contributed by atoms with Crippen molar-refractivity contribution in [1.29, 1.82) is 0 Å². The minimum absolute atomic E-state index is 1.62. The topological polar surface area (TPSA) is 26.3 Å². The number of alkyl halides is 9. The zero-order valence-corrected chi connectivity index (χ0v) is 11.2. The maximum atomic E-state index is 12.8. The quantitative estimate of drug-likeness (QED) is 0.452. The van der Waals surface area contributed by atoms with Gasteiger partial charge >= 0.3 is 30.0 Å². The van der Waals surface area contributed by atoms with Crippen LogP contribution in [-0.4, -0.2) is 30.6 Å². The molecule has 0 rings (SSSR count). The molecular weight excluding hydrogens is 377 g/mol. The molecule has 0 bridgehead atoms. The van der Waals surface area contributed by atoms with E-state index < -0.39 is 43.0 Å². The summed E-state index contributed by atoms with van der Waals surface area (Å²) in [5.41, 5.74) is 0. The number of hydrogen-bond acceptors (Lipinski definition) is 2. The summed E-state index contributed by atoms with van der Waals surface area (Å²) in [5.74, 6) is -19.5. The normalized spacial score (nSPS) is 15.6. The van der Waals surface area contributed by atoms with E-state index in [1.807, 2.05) is 0 Å². The third kappa shape index (κ3) is 4.32. The van der Waals surface area contributed by atoms with E-state index in [9.17, 15) is 44.1 Å². The Morgan fingerprint density at radius 1 is 0.850 bits per heavy atom. The van der Waals surface area contributed by atoms with Crippen molar-refractivity contribution >= 4 is 28.6 Å². The lowest BCUT2D eigenvalue weighted by Gasteiger charge is -2.33. The Morgan fingerprint density at radius 2 is 1.25 bits per heavy atom. The van der Waals surface area contributed by atoms with Gasteiger partial charge in [0.25, 0.3) is 0 Å². The van der Waals surface area contributed by atoms with Gasteiger partial charge in [0.1, 0.15) is 0 Å². The molecule has 0 aliphatic carbocycles. The van der Waals surface area contributed by atoms with E-state index in [0.717, 1.165) is 0 Å². The summed E-state index contributed by atoms with van der Waals surface area (Å²) >= 11 is 9.35. The highest BCUT2D eigenvalue weighted by molar-refractivity contribution is 8.05. The Balaban J connectivity index is 5.12. The van der Waals surface area contributed by atoms with Crippen LogP contribution < -0.4 is 0 Å². The van der Waals surface area contributed by atoms with E-state index in [2.05, 4.69) is 27.0 Å². The Morgan fingerprint density at radius 3 is 1.55 bits per heavy atom. The molecule has 0 saturated heterocycles. The molecule has 0 fully saturated rings. The van der Waals surface area contributed by atoms with E-state index in [1.165, 1.54) is 0 Å². The van der Waals surface area contributed by atoms with Gasteiger partial charge in [-0.1, -0.05) is 0 Å². The molecule has 0 radical (unpaired) electrons. The molecule has 0 aliphatic rings. The molecule has 20 heavy (non-hydrogen) atoms. The Bertz CT molecular complexity index is 390. The lowest BCUT2D eigenvalue weighted by Crippen LogP contribution is -2.61. The average Bonchev–Trinajstić information content (AvgIpc) is 2.12. The van der Waals surface area contributed by atoms with Crippen molar-refractivity contribution in [3.05, 3.63) is 0 Å². The first kappa shape index (κ1) is 20.1. The molecule has 0 aliphatic heterocycles. The van der Waals surface area contributed by atoms with Gasteiger partial charge in [-0.15, -0.1) is 0 Å². The van der Waals surface area contributed by atoms with E-state index >= 15 is 0 Å². The highest BCUT2D eigenvalue weighted by Gasteiger charge is 2.81. The zero-order chi connectivity index (χ0) is 16.6. The smallest absolute Gasteiger partial charge is 0.306 e. The molecule has 2 nitrogen and oxygen atoms in total. The predicted octanol–water partition coefficient (Wildman–Crippen LogP) is 5.45. The van der Waals surface area contributed by atoms with Crippen LogP contribution in [0.3, 0.4) is 0 Å². The predicted molar refractivity (Wildman–Crippen MR) is 50.8 cm³/mol. The fourth-order valence-corrected chi connectivity index (χ4v) is 1.56. The van der Waals surface area contributed by atoms with Crippen LogP contribution in [0.1, 0.15) is 6.42 Å². The minimum Gasteiger partial charge on any atom is -0.306 e. The molecular formula is C6H4Cl2F9O2P. The summed E-state index contributed by atoms with van der Waals surface area (Å²) < 4.78 is 125. The molecule has 14 heteroatoms. The molecule has 122 valence electrons. The molecule has 0 heterocycles. The highest BCUT2D eigenvalue weighted by atomic mass is 35.9. The Labute approximate surface area is 115 Å². The SMILES string of the molecule is O=P(Cl)(Cl)OCCC(F)(F)C(F)(F)C(F)(F)C(F)(F)F. The molecule has 0 aromatic heterocycles. The van der Waals surface area contributed by atoms with Gasteiger partial charge in [0, 0.05) is 6.42 Å². The van der Waals surface area contributed by atoms with E-state index in [1.54, 1.807) is 0 Å². The third-order valence-corrected chi connectivity index (χ3v) is 2.94. The van der Waals surface area contributed by atoms with Gasteiger partial charge in [-0.25, -0.2) is 0 Å². The third-order valence-electron chi connectivity index (χ3n) is 1.87. The monoisotopic (exact) mass is 380 g/mol. The van der Waals surface area contributed by atoms with Crippen LogP contribution in [0.25, 0.3) is 0 Å². The van der Waals surface area contributed by atoms with Gasteiger partial charge in [0.15, 0.2) is 0 Å². The van der Waals surface area contributed by atoms with Gasteiger partial charge in [0.2, 0.25) is 0 Å². The second kappa shape index (κ2) is 5.73. The molecule has 0 saturated carbocycles. The molecule has 0 N–H and O–H groups in total. The lowest BCUT2D eigenvalue weighted by molar-refractivity contribution is -0.397. The van der Waals surface area contributed by atoms with Crippen LogP contribution >= 0.6 is 28.6 Å². The second-order valence-electron chi connectivity index (χ2n) is 3.35. The molecule has 0 atom stereocenters. The van der Waals surface area contributed by atoms with Gasteiger partial charge in [0.05, 0.1) is 6.61 Å². The van der Waals surface area contributed by atoms with Crippen LogP contribution in [0.2, 0.25) is 0 Å². The second-order valence-corrected chi connectivity index (χ2v) is 7.63. The van der Waals surface area contributed by atoms with Gasteiger partial charge < -0.3 is 4.52 Å². The van der Waals surface area contributed by atoms with Gasteiger partial charge in [-0.05, 0) is 22.5 Å². The fraction of sp³-hybridized carbons (Fsp3) is 1.00. The standard InChI is InChI=1S/C6H4Cl2F9O2P/c7-20(8,18)19-2-1-3(9,10)4(11,12)5(13,14)6(15,16)17/h1-2H2. The van der Waals surface area contributed by atoms with Crippen molar-refractivity contribution in [3.63, 3.8) is 0 Å². The first-order valence-corrected chi connectivity index (χ1v) is 7.73. The maximum Gasteiger partial charge on any atom is 0.460 e. The zero-order valence-electron chi connectivity index (χ0n) is 8.84. The summed E-state index contributed by atoms with van der Waals surface area (Å²) in [4.78, 5) is 0. The summed E-state index contributed by atoms with van der Waals surface area (Å²) in [5, 5.41) is 0. The molecule has 0 amide bonds.